The van der Waals surface area contributed by atoms with E-state index in [1.807, 2.05) is 48.5 Å². The summed E-state index contributed by atoms with van der Waals surface area (Å²) in [5.74, 6) is 0.447. The molecule has 0 heterocycles. The summed E-state index contributed by atoms with van der Waals surface area (Å²) in [6.07, 6.45) is 16.3. The second-order valence-electron chi connectivity index (χ2n) is 11.0. The van der Waals surface area contributed by atoms with Gasteiger partial charge in [0.05, 0.1) is 13.2 Å². The van der Waals surface area contributed by atoms with E-state index < -0.39 is 0 Å². The summed E-state index contributed by atoms with van der Waals surface area (Å²) < 4.78 is 23.0. The summed E-state index contributed by atoms with van der Waals surface area (Å²) in [4.78, 5) is 24.9. The van der Waals surface area contributed by atoms with Crippen LogP contribution in [-0.4, -0.2) is 38.4 Å². The fraction of sp³-hybridized carbons (Fsp3) is 0.556. The highest BCUT2D eigenvalue weighted by atomic mass is 16.6. The van der Waals surface area contributed by atoms with Crippen LogP contribution in [0.2, 0.25) is 0 Å². The first-order valence-electron chi connectivity index (χ1n) is 16.2. The Hall–Kier alpha value is -3.28. The van der Waals surface area contributed by atoms with Crippen LogP contribution in [0, 0.1) is 0 Å². The lowest BCUT2D eigenvalue weighted by atomic mass is 10.0. The smallest absolute Gasteiger partial charge is 0.344 e. The second-order valence-corrected chi connectivity index (χ2v) is 11.0. The fourth-order valence-corrected chi connectivity index (χ4v) is 5.20. The molecule has 3 rings (SSSR count). The molecule has 0 radical (unpaired) electrons. The molecule has 0 bridgehead atoms. The van der Waals surface area contributed by atoms with Gasteiger partial charge in [0.25, 0.3) is 0 Å². The zero-order chi connectivity index (χ0) is 29.8. The molecule has 230 valence electrons. The molecule has 0 aromatic heterocycles. The summed E-state index contributed by atoms with van der Waals surface area (Å²) >= 11 is 0. The summed E-state index contributed by atoms with van der Waals surface area (Å²) in [5.41, 5.74) is 0. The number of rotatable bonds is 22. The minimum atomic E-state index is -0.377. The van der Waals surface area contributed by atoms with E-state index in [0.717, 1.165) is 47.2 Å². The molecule has 6 heteroatoms. The molecule has 0 N–H and O–H groups in total. The zero-order valence-corrected chi connectivity index (χ0v) is 25.8. The molecule has 42 heavy (non-hydrogen) atoms. The van der Waals surface area contributed by atoms with Crippen LogP contribution in [0.4, 0.5) is 0 Å². The van der Waals surface area contributed by atoms with Gasteiger partial charge in [-0.3, -0.25) is 0 Å². The van der Waals surface area contributed by atoms with Crippen molar-refractivity contribution in [2.45, 2.75) is 104 Å². The number of esters is 2. The molecule has 0 aliphatic carbocycles. The van der Waals surface area contributed by atoms with Crippen molar-refractivity contribution in [1.82, 2.24) is 0 Å². The third-order valence-corrected chi connectivity index (χ3v) is 7.52. The molecule has 0 aliphatic heterocycles. The van der Waals surface area contributed by atoms with Gasteiger partial charge in [0.1, 0.15) is 11.5 Å². The maximum absolute atomic E-state index is 12.5. The van der Waals surface area contributed by atoms with Gasteiger partial charge in [-0.1, -0.05) is 139 Å². The van der Waals surface area contributed by atoms with Crippen molar-refractivity contribution < 1.29 is 28.5 Å². The lowest BCUT2D eigenvalue weighted by Crippen LogP contribution is -2.17. The van der Waals surface area contributed by atoms with E-state index in [9.17, 15) is 9.59 Å². The zero-order valence-electron chi connectivity index (χ0n) is 25.8. The van der Waals surface area contributed by atoms with E-state index in [1.54, 1.807) is 0 Å². The lowest BCUT2D eigenvalue weighted by molar-refractivity contribution is -0.147. The molecule has 0 saturated heterocycles. The van der Waals surface area contributed by atoms with Gasteiger partial charge in [-0.15, -0.1) is 0 Å². The van der Waals surface area contributed by atoms with Crippen LogP contribution in [0.15, 0.2) is 48.5 Å². The van der Waals surface area contributed by atoms with Gasteiger partial charge >= 0.3 is 11.9 Å². The maximum Gasteiger partial charge on any atom is 0.344 e. The van der Waals surface area contributed by atoms with Gasteiger partial charge in [-0.25, -0.2) is 9.59 Å². The Morgan fingerprint density at radius 3 is 1.12 bits per heavy atom. The van der Waals surface area contributed by atoms with Crippen LogP contribution < -0.4 is 9.47 Å². The van der Waals surface area contributed by atoms with E-state index >= 15 is 0 Å². The minimum absolute atomic E-state index is 0.171. The van der Waals surface area contributed by atoms with Gasteiger partial charge in [0, 0.05) is 21.5 Å². The van der Waals surface area contributed by atoms with Crippen molar-refractivity contribution in [2.75, 3.05) is 26.4 Å². The van der Waals surface area contributed by atoms with Crippen LogP contribution in [0.5, 0.6) is 11.5 Å². The van der Waals surface area contributed by atoms with Crippen molar-refractivity contribution in [3.8, 4) is 11.5 Å². The number of ether oxygens (including phenoxy) is 4. The SMILES string of the molecule is CCCCCCCCCOC(=O)COc1c2ccccc2c(OCC(=O)OCCCCCCCCC)c2ccccc12. The Morgan fingerprint density at radius 2 is 0.786 bits per heavy atom. The molecule has 3 aromatic carbocycles. The predicted molar refractivity (Wildman–Crippen MR) is 170 cm³/mol. The number of fused-ring (bicyclic) bond motifs is 2. The monoisotopic (exact) mass is 578 g/mol. The van der Waals surface area contributed by atoms with E-state index in [1.165, 1.54) is 64.2 Å². The van der Waals surface area contributed by atoms with Gasteiger partial charge in [-0.2, -0.15) is 0 Å². The summed E-state index contributed by atoms with van der Waals surface area (Å²) in [7, 11) is 0. The molecule has 0 unspecified atom stereocenters. The van der Waals surface area contributed by atoms with Crippen LogP contribution in [0.3, 0.4) is 0 Å². The number of benzene rings is 3. The minimum Gasteiger partial charge on any atom is -0.481 e. The third kappa shape index (κ3) is 11.2. The molecule has 0 saturated carbocycles. The maximum atomic E-state index is 12.5. The highest BCUT2D eigenvalue weighted by Crippen LogP contribution is 2.42. The Labute approximate surface area is 252 Å². The number of hydrogen-bond donors (Lipinski definition) is 0. The van der Waals surface area contributed by atoms with Crippen molar-refractivity contribution in [2.24, 2.45) is 0 Å². The summed E-state index contributed by atoms with van der Waals surface area (Å²) in [6.45, 7) is 4.92. The molecular weight excluding hydrogens is 528 g/mol. The predicted octanol–water partition coefficient (Wildman–Crippen LogP) is 9.34. The molecule has 0 amide bonds. The van der Waals surface area contributed by atoms with Gasteiger partial charge in [-0.05, 0) is 12.8 Å². The third-order valence-electron chi connectivity index (χ3n) is 7.52. The first-order valence-corrected chi connectivity index (χ1v) is 16.2. The van der Waals surface area contributed by atoms with Crippen molar-refractivity contribution in [3.63, 3.8) is 0 Å². The van der Waals surface area contributed by atoms with Crippen LogP contribution in [-0.2, 0) is 19.1 Å². The normalized spacial score (nSPS) is 11.1. The van der Waals surface area contributed by atoms with Gasteiger partial charge in [0.15, 0.2) is 13.2 Å². The summed E-state index contributed by atoms with van der Waals surface area (Å²) in [6, 6.07) is 15.4. The fourth-order valence-electron chi connectivity index (χ4n) is 5.20. The van der Waals surface area contributed by atoms with Crippen molar-refractivity contribution >= 4 is 33.5 Å². The Balaban J connectivity index is 1.56. The van der Waals surface area contributed by atoms with Crippen molar-refractivity contribution in [1.29, 1.82) is 0 Å². The molecule has 0 atom stereocenters. The lowest BCUT2D eigenvalue weighted by Gasteiger charge is -2.17. The average Bonchev–Trinajstić information content (AvgIpc) is 3.01. The molecular formula is C36H50O6. The number of hydrogen-bond acceptors (Lipinski definition) is 6. The van der Waals surface area contributed by atoms with Crippen LogP contribution in [0.25, 0.3) is 21.5 Å². The molecule has 3 aromatic rings. The Morgan fingerprint density at radius 1 is 0.476 bits per heavy atom. The van der Waals surface area contributed by atoms with E-state index in [4.69, 9.17) is 18.9 Å². The molecule has 6 nitrogen and oxygen atoms in total. The molecule has 0 fully saturated rings. The Kier molecular flexibility index (Phi) is 15.6. The van der Waals surface area contributed by atoms with E-state index in [2.05, 4.69) is 13.8 Å². The largest absolute Gasteiger partial charge is 0.481 e. The number of carbonyl (C=O) groups is 2. The molecule has 0 spiro atoms. The highest BCUT2D eigenvalue weighted by Gasteiger charge is 2.18. The average molecular weight is 579 g/mol. The molecule has 0 aliphatic rings. The number of carbonyl (C=O) groups excluding carboxylic acids is 2. The van der Waals surface area contributed by atoms with Crippen LogP contribution >= 0.6 is 0 Å². The van der Waals surface area contributed by atoms with Crippen LogP contribution in [0.1, 0.15) is 104 Å². The summed E-state index contributed by atoms with van der Waals surface area (Å²) in [5, 5.41) is 3.23. The first kappa shape index (κ1) is 33.2. The van der Waals surface area contributed by atoms with Crippen molar-refractivity contribution in [3.05, 3.63) is 48.5 Å². The standard InChI is InChI=1S/C36H50O6/c1-3-5-7-9-11-13-19-25-39-33(37)27-41-35-29-21-15-17-23-31(29)36(32-24-18-16-22-30(32)35)42-28-34(38)40-26-20-14-12-10-8-6-4-2/h15-18,21-24H,3-14,19-20,25-28H2,1-2H3. The topological polar surface area (TPSA) is 71.1 Å². The Bertz CT molecular complexity index is 1070. The van der Waals surface area contributed by atoms with E-state index in [0.29, 0.717) is 24.7 Å². The first-order chi connectivity index (χ1) is 20.7. The van der Waals surface area contributed by atoms with Gasteiger partial charge < -0.3 is 18.9 Å². The quantitative estimate of drug-likeness (QED) is 0.0672. The number of unbranched alkanes of at least 4 members (excludes halogenated alkanes) is 12. The highest BCUT2D eigenvalue weighted by molar-refractivity contribution is 6.11. The second kappa shape index (κ2) is 19.8. The van der Waals surface area contributed by atoms with E-state index in [-0.39, 0.29) is 25.2 Å². The van der Waals surface area contributed by atoms with Gasteiger partial charge in [0.2, 0.25) is 0 Å².